The van der Waals surface area contributed by atoms with E-state index in [2.05, 4.69) is 12.2 Å². The number of hydrogen-bond donors (Lipinski definition) is 1. The van der Waals surface area contributed by atoms with Crippen molar-refractivity contribution in [3.63, 3.8) is 0 Å². The average Bonchev–Trinajstić information content (AvgIpc) is 2.90. The van der Waals surface area contributed by atoms with Crippen LogP contribution in [0.3, 0.4) is 0 Å². The second-order valence-electron chi connectivity index (χ2n) is 3.82. The van der Waals surface area contributed by atoms with E-state index in [1.54, 1.807) is 0 Å². The number of carbonyl (C=O) groups is 1. The quantitative estimate of drug-likeness (QED) is 0.875. The summed E-state index contributed by atoms with van der Waals surface area (Å²) in [5, 5.41) is 4.97. The van der Waals surface area contributed by atoms with Crippen LogP contribution in [0.4, 0.5) is 0 Å². The van der Waals surface area contributed by atoms with Gasteiger partial charge in [-0.05, 0) is 23.4 Å². The maximum absolute atomic E-state index is 11.9. The largest absolute Gasteiger partial charge is 0.345 e. The van der Waals surface area contributed by atoms with Gasteiger partial charge in [0.05, 0.1) is 10.9 Å². The van der Waals surface area contributed by atoms with Gasteiger partial charge in [0, 0.05) is 0 Å². The van der Waals surface area contributed by atoms with Crippen LogP contribution in [-0.4, -0.2) is 5.91 Å². The second-order valence-corrected chi connectivity index (χ2v) is 4.77. The number of hydrogen-bond acceptors (Lipinski definition) is 2. The first-order chi connectivity index (χ1) is 8.31. The van der Waals surface area contributed by atoms with Crippen LogP contribution in [0, 0.1) is 0 Å². The number of nitrogens with one attached hydrogen (secondary N) is 1. The molecule has 0 radical (unpaired) electrons. The molecule has 0 saturated heterocycles. The van der Waals surface area contributed by atoms with Crippen LogP contribution in [0.15, 0.2) is 47.8 Å². The molecule has 0 bridgehead atoms. The summed E-state index contributed by atoms with van der Waals surface area (Å²) in [6, 6.07) is 13.9. The van der Waals surface area contributed by atoms with Crippen molar-refractivity contribution in [2.45, 2.75) is 19.4 Å². The number of thiophene rings is 1. The maximum Gasteiger partial charge on any atom is 0.261 e. The fraction of sp³-hybridized carbons (Fsp3) is 0.214. The first-order valence-electron chi connectivity index (χ1n) is 5.70. The summed E-state index contributed by atoms with van der Waals surface area (Å²) < 4.78 is 0. The van der Waals surface area contributed by atoms with Crippen molar-refractivity contribution >= 4 is 17.2 Å². The molecule has 1 amide bonds. The van der Waals surface area contributed by atoms with Crippen molar-refractivity contribution in [2.24, 2.45) is 0 Å². The van der Waals surface area contributed by atoms with E-state index in [0.717, 1.165) is 16.9 Å². The zero-order valence-corrected chi connectivity index (χ0v) is 10.5. The Balaban J connectivity index is 2.09. The van der Waals surface area contributed by atoms with Gasteiger partial charge in [0.2, 0.25) is 0 Å². The van der Waals surface area contributed by atoms with E-state index in [9.17, 15) is 4.79 Å². The molecule has 0 saturated carbocycles. The minimum absolute atomic E-state index is 0.00991. The lowest BCUT2D eigenvalue weighted by Crippen LogP contribution is -2.27. The van der Waals surface area contributed by atoms with Gasteiger partial charge in [-0.3, -0.25) is 4.79 Å². The SMILES string of the molecule is CC[C@@H](NC(=O)c1cccs1)c1ccccc1. The summed E-state index contributed by atoms with van der Waals surface area (Å²) in [5.74, 6) is 0.00991. The zero-order valence-electron chi connectivity index (χ0n) is 9.72. The third-order valence-corrected chi connectivity index (χ3v) is 3.53. The highest BCUT2D eigenvalue weighted by molar-refractivity contribution is 7.12. The molecule has 0 aliphatic heterocycles. The number of amides is 1. The predicted molar refractivity (Wildman–Crippen MR) is 71.3 cm³/mol. The summed E-state index contributed by atoms with van der Waals surface area (Å²) in [4.78, 5) is 12.7. The lowest BCUT2D eigenvalue weighted by Gasteiger charge is -2.16. The van der Waals surface area contributed by atoms with Gasteiger partial charge in [0.15, 0.2) is 0 Å². The van der Waals surface area contributed by atoms with Crippen molar-refractivity contribution in [1.82, 2.24) is 5.32 Å². The monoisotopic (exact) mass is 245 g/mol. The third kappa shape index (κ3) is 2.94. The Morgan fingerprint density at radius 3 is 2.59 bits per heavy atom. The van der Waals surface area contributed by atoms with E-state index in [4.69, 9.17) is 0 Å². The molecule has 1 atom stereocenters. The third-order valence-electron chi connectivity index (χ3n) is 2.66. The highest BCUT2D eigenvalue weighted by atomic mass is 32.1. The second kappa shape index (κ2) is 5.64. The molecule has 0 fully saturated rings. The summed E-state index contributed by atoms with van der Waals surface area (Å²) in [6.07, 6.45) is 0.890. The molecule has 2 rings (SSSR count). The standard InChI is InChI=1S/C14H15NOS/c1-2-12(11-7-4-3-5-8-11)15-14(16)13-9-6-10-17-13/h3-10,12H,2H2,1H3,(H,15,16)/t12-/m1/s1. The first kappa shape index (κ1) is 11.9. The van der Waals surface area contributed by atoms with E-state index in [1.165, 1.54) is 11.3 Å². The number of carbonyl (C=O) groups excluding carboxylic acids is 1. The normalized spacial score (nSPS) is 12.1. The molecule has 17 heavy (non-hydrogen) atoms. The van der Waals surface area contributed by atoms with Crippen LogP contribution < -0.4 is 5.32 Å². The molecular weight excluding hydrogens is 230 g/mol. The molecule has 1 N–H and O–H groups in total. The Morgan fingerprint density at radius 2 is 2.00 bits per heavy atom. The Bertz CT molecular complexity index is 464. The summed E-state index contributed by atoms with van der Waals surface area (Å²) in [6.45, 7) is 2.08. The average molecular weight is 245 g/mol. The Kier molecular flexibility index (Phi) is 3.94. The Morgan fingerprint density at radius 1 is 1.24 bits per heavy atom. The van der Waals surface area contributed by atoms with Crippen LogP contribution in [0.5, 0.6) is 0 Å². The van der Waals surface area contributed by atoms with Gasteiger partial charge in [-0.1, -0.05) is 43.3 Å². The molecule has 2 aromatic rings. The van der Waals surface area contributed by atoms with E-state index < -0.39 is 0 Å². The number of rotatable bonds is 4. The molecule has 0 aliphatic rings. The van der Waals surface area contributed by atoms with Gasteiger partial charge in [-0.25, -0.2) is 0 Å². The smallest absolute Gasteiger partial charge is 0.261 e. The number of benzene rings is 1. The minimum Gasteiger partial charge on any atom is -0.345 e. The highest BCUT2D eigenvalue weighted by Gasteiger charge is 2.13. The molecule has 88 valence electrons. The summed E-state index contributed by atoms with van der Waals surface area (Å²) in [5.41, 5.74) is 1.15. The first-order valence-corrected chi connectivity index (χ1v) is 6.58. The van der Waals surface area contributed by atoms with Crippen LogP contribution in [0.25, 0.3) is 0 Å². The van der Waals surface area contributed by atoms with Gasteiger partial charge < -0.3 is 5.32 Å². The van der Waals surface area contributed by atoms with Crippen LogP contribution in [0.2, 0.25) is 0 Å². The van der Waals surface area contributed by atoms with E-state index in [1.807, 2.05) is 47.8 Å². The Hall–Kier alpha value is -1.61. The lowest BCUT2D eigenvalue weighted by molar-refractivity contribution is 0.0939. The molecule has 3 heteroatoms. The van der Waals surface area contributed by atoms with E-state index in [0.29, 0.717) is 0 Å². The molecule has 1 heterocycles. The zero-order chi connectivity index (χ0) is 12.1. The predicted octanol–water partition coefficient (Wildman–Crippen LogP) is 3.63. The van der Waals surface area contributed by atoms with Crippen molar-refractivity contribution in [1.29, 1.82) is 0 Å². The van der Waals surface area contributed by atoms with Crippen molar-refractivity contribution < 1.29 is 4.79 Å². The fourth-order valence-electron chi connectivity index (χ4n) is 1.74. The Labute approximate surface area is 105 Å². The van der Waals surface area contributed by atoms with Gasteiger partial charge in [0.1, 0.15) is 0 Å². The lowest BCUT2D eigenvalue weighted by atomic mass is 10.0. The maximum atomic E-state index is 11.9. The van der Waals surface area contributed by atoms with Gasteiger partial charge in [-0.2, -0.15) is 0 Å². The van der Waals surface area contributed by atoms with Crippen molar-refractivity contribution in [3.05, 3.63) is 58.3 Å². The van der Waals surface area contributed by atoms with Crippen LogP contribution >= 0.6 is 11.3 Å². The van der Waals surface area contributed by atoms with Crippen molar-refractivity contribution in [2.75, 3.05) is 0 Å². The molecular formula is C14H15NOS. The highest BCUT2D eigenvalue weighted by Crippen LogP contribution is 2.17. The van der Waals surface area contributed by atoms with E-state index in [-0.39, 0.29) is 11.9 Å². The molecule has 1 aromatic heterocycles. The van der Waals surface area contributed by atoms with Crippen LogP contribution in [-0.2, 0) is 0 Å². The van der Waals surface area contributed by atoms with Gasteiger partial charge in [-0.15, -0.1) is 11.3 Å². The molecule has 2 nitrogen and oxygen atoms in total. The fourth-order valence-corrected chi connectivity index (χ4v) is 2.37. The molecule has 1 aromatic carbocycles. The molecule has 0 spiro atoms. The minimum atomic E-state index is 0.00991. The summed E-state index contributed by atoms with van der Waals surface area (Å²) in [7, 11) is 0. The van der Waals surface area contributed by atoms with Crippen molar-refractivity contribution in [3.8, 4) is 0 Å². The summed E-state index contributed by atoms with van der Waals surface area (Å²) >= 11 is 1.47. The molecule has 0 unspecified atom stereocenters. The van der Waals surface area contributed by atoms with Gasteiger partial charge in [0.25, 0.3) is 5.91 Å². The topological polar surface area (TPSA) is 29.1 Å². The van der Waals surface area contributed by atoms with Crippen LogP contribution in [0.1, 0.15) is 34.6 Å². The van der Waals surface area contributed by atoms with Gasteiger partial charge >= 0.3 is 0 Å². The van der Waals surface area contributed by atoms with E-state index >= 15 is 0 Å². The molecule has 0 aliphatic carbocycles.